The molecule has 0 N–H and O–H groups in total. The van der Waals surface area contributed by atoms with E-state index in [0.717, 1.165) is 15.6 Å². The van der Waals surface area contributed by atoms with Gasteiger partial charge in [-0.2, -0.15) is 0 Å². The summed E-state index contributed by atoms with van der Waals surface area (Å²) < 4.78 is -1.90. The number of hydrogen-bond acceptors (Lipinski definition) is 3. The lowest BCUT2D eigenvalue weighted by Gasteiger charge is -2.14. The van der Waals surface area contributed by atoms with Gasteiger partial charge in [-0.25, -0.2) is 0 Å². The van der Waals surface area contributed by atoms with Crippen molar-refractivity contribution in [3.8, 4) is 0 Å². The molecule has 0 aliphatic carbocycles. The Balaban J connectivity index is 2.29. The van der Waals surface area contributed by atoms with Gasteiger partial charge in [0.1, 0.15) is 0 Å². The van der Waals surface area contributed by atoms with Crippen molar-refractivity contribution in [3.05, 3.63) is 35.4 Å². The minimum absolute atomic E-state index is 0.537. The molecular weight excluding hydrogens is 301 g/mol. The largest absolute Gasteiger partial charge is 0.338 e. The van der Waals surface area contributed by atoms with Crippen LogP contribution in [0.3, 0.4) is 0 Å². The van der Waals surface area contributed by atoms with Crippen molar-refractivity contribution < 1.29 is 4.79 Å². The standard InChI is InChI=1S/C11H8Cl3NOS/c1-15-7-4-2-3-5-8(7)17-10(15)6-9(16)11(12,13)14/h2-6H,1H3/b10-6+. The Morgan fingerprint density at radius 3 is 2.59 bits per heavy atom. The molecule has 0 aromatic heterocycles. The number of para-hydroxylation sites is 1. The van der Waals surface area contributed by atoms with Gasteiger partial charge in [0.25, 0.3) is 3.79 Å². The Morgan fingerprint density at radius 1 is 1.35 bits per heavy atom. The normalized spacial score (nSPS) is 17.4. The minimum Gasteiger partial charge on any atom is -0.338 e. The van der Waals surface area contributed by atoms with E-state index in [4.69, 9.17) is 34.8 Å². The highest BCUT2D eigenvalue weighted by Gasteiger charge is 2.31. The zero-order valence-electron chi connectivity index (χ0n) is 8.78. The first kappa shape index (κ1) is 13.1. The number of hydrogen-bond donors (Lipinski definition) is 0. The number of thioether (sulfide) groups is 1. The van der Waals surface area contributed by atoms with E-state index in [0.29, 0.717) is 0 Å². The number of fused-ring (bicyclic) bond motifs is 1. The molecule has 0 unspecified atom stereocenters. The van der Waals surface area contributed by atoms with Gasteiger partial charge in [0, 0.05) is 18.0 Å². The van der Waals surface area contributed by atoms with Gasteiger partial charge < -0.3 is 4.90 Å². The number of nitrogens with zero attached hydrogens (tertiary/aromatic N) is 1. The summed E-state index contributed by atoms with van der Waals surface area (Å²) in [5.41, 5.74) is 1.04. The number of rotatable bonds is 1. The third-order valence-electron chi connectivity index (χ3n) is 2.31. The van der Waals surface area contributed by atoms with Gasteiger partial charge in [0.15, 0.2) is 0 Å². The highest BCUT2D eigenvalue weighted by molar-refractivity contribution is 8.03. The predicted octanol–water partition coefficient (Wildman–Crippen LogP) is 4.01. The van der Waals surface area contributed by atoms with Gasteiger partial charge in [-0.3, -0.25) is 4.79 Å². The van der Waals surface area contributed by atoms with Gasteiger partial charge in [-0.05, 0) is 12.1 Å². The van der Waals surface area contributed by atoms with Crippen LogP contribution in [0.5, 0.6) is 0 Å². The molecule has 1 aromatic carbocycles. The lowest BCUT2D eigenvalue weighted by atomic mass is 10.3. The first-order chi connectivity index (χ1) is 7.89. The quantitative estimate of drug-likeness (QED) is 0.577. The van der Waals surface area contributed by atoms with E-state index < -0.39 is 9.58 Å². The van der Waals surface area contributed by atoms with Crippen molar-refractivity contribution >= 4 is 58.0 Å². The smallest absolute Gasteiger partial charge is 0.252 e. The summed E-state index contributed by atoms with van der Waals surface area (Å²) in [5.74, 6) is -0.537. The van der Waals surface area contributed by atoms with Crippen molar-refractivity contribution in [2.75, 3.05) is 11.9 Å². The average Bonchev–Trinajstić information content (AvgIpc) is 2.55. The SMILES string of the molecule is CN1/C(=C\C(=O)C(Cl)(Cl)Cl)Sc2ccccc21. The van der Waals surface area contributed by atoms with Crippen molar-refractivity contribution in [2.45, 2.75) is 8.69 Å². The van der Waals surface area contributed by atoms with Gasteiger partial charge in [-0.15, -0.1) is 0 Å². The van der Waals surface area contributed by atoms with Gasteiger partial charge in [0.05, 0.1) is 10.7 Å². The Hall–Kier alpha value is -0.350. The van der Waals surface area contributed by atoms with Crippen LogP contribution in [-0.4, -0.2) is 16.6 Å². The van der Waals surface area contributed by atoms with Gasteiger partial charge >= 0.3 is 0 Å². The third kappa shape index (κ3) is 2.74. The van der Waals surface area contributed by atoms with E-state index in [9.17, 15) is 4.79 Å². The summed E-state index contributed by atoms with van der Waals surface area (Å²) in [6, 6.07) is 7.84. The Kier molecular flexibility index (Phi) is 3.64. The minimum atomic E-state index is -1.90. The molecule has 17 heavy (non-hydrogen) atoms. The molecule has 90 valence electrons. The fourth-order valence-corrected chi connectivity index (χ4v) is 2.69. The molecule has 6 heteroatoms. The number of allylic oxidation sites excluding steroid dienone is 1. The van der Waals surface area contributed by atoms with Gasteiger partial charge in [-0.1, -0.05) is 58.7 Å². The van der Waals surface area contributed by atoms with Gasteiger partial charge in [0.2, 0.25) is 5.78 Å². The summed E-state index contributed by atoms with van der Waals surface area (Å²) in [4.78, 5) is 14.6. The number of anilines is 1. The highest BCUT2D eigenvalue weighted by atomic mass is 35.6. The van der Waals surface area contributed by atoms with E-state index in [1.54, 1.807) is 0 Å². The molecule has 0 saturated carbocycles. The molecule has 0 spiro atoms. The van der Waals surface area contributed by atoms with Crippen molar-refractivity contribution in [1.82, 2.24) is 0 Å². The first-order valence-corrected chi connectivity index (χ1v) is 6.68. The molecule has 0 bridgehead atoms. The van der Waals surface area contributed by atoms with Crippen molar-refractivity contribution in [2.24, 2.45) is 0 Å². The first-order valence-electron chi connectivity index (χ1n) is 4.73. The molecule has 2 nitrogen and oxygen atoms in total. The average molecular weight is 309 g/mol. The molecule has 0 saturated heterocycles. The number of benzene rings is 1. The van der Waals surface area contributed by atoms with E-state index >= 15 is 0 Å². The molecule has 1 aliphatic rings. The molecule has 0 radical (unpaired) electrons. The Morgan fingerprint density at radius 2 is 2.00 bits per heavy atom. The molecule has 1 heterocycles. The van der Waals surface area contributed by atoms with Crippen LogP contribution >= 0.6 is 46.6 Å². The van der Waals surface area contributed by atoms with Crippen LogP contribution in [0.4, 0.5) is 5.69 Å². The third-order valence-corrected chi connectivity index (χ3v) is 4.03. The maximum atomic E-state index is 11.6. The summed E-state index contributed by atoms with van der Waals surface area (Å²) in [7, 11) is 1.87. The maximum Gasteiger partial charge on any atom is 0.252 e. The summed E-state index contributed by atoms with van der Waals surface area (Å²) in [6.07, 6.45) is 1.36. The van der Waals surface area contributed by atoms with Crippen LogP contribution in [0.15, 0.2) is 40.3 Å². The topological polar surface area (TPSA) is 20.3 Å². The molecular formula is C11H8Cl3NOS. The molecule has 0 amide bonds. The van der Waals surface area contributed by atoms with Crippen LogP contribution in [0.25, 0.3) is 0 Å². The van der Waals surface area contributed by atoms with Crippen LogP contribution in [0.2, 0.25) is 0 Å². The van der Waals surface area contributed by atoms with E-state index in [-0.39, 0.29) is 0 Å². The van der Waals surface area contributed by atoms with Crippen LogP contribution < -0.4 is 4.90 Å². The lowest BCUT2D eigenvalue weighted by molar-refractivity contribution is -0.113. The Labute approximate surface area is 119 Å². The second-order valence-corrected chi connectivity index (χ2v) is 6.82. The van der Waals surface area contributed by atoms with Crippen LogP contribution in [0.1, 0.15) is 0 Å². The molecule has 0 atom stereocenters. The van der Waals surface area contributed by atoms with E-state index in [2.05, 4.69) is 0 Å². The predicted molar refractivity (Wildman–Crippen MR) is 74.1 cm³/mol. The number of halogens is 3. The molecule has 1 aliphatic heterocycles. The second-order valence-electron chi connectivity index (χ2n) is 3.47. The van der Waals surface area contributed by atoms with Crippen molar-refractivity contribution in [1.29, 1.82) is 0 Å². The highest BCUT2D eigenvalue weighted by Crippen LogP contribution is 2.45. The molecule has 1 aromatic rings. The van der Waals surface area contributed by atoms with Crippen LogP contribution in [-0.2, 0) is 4.79 Å². The number of carbonyl (C=O) groups excluding carboxylic acids is 1. The second kappa shape index (κ2) is 4.73. The van der Waals surface area contributed by atoms with E-state index in [1.807, 2.05) is 36.2 Å². The summed E-state index contributed by atoms with van der Waals surface area (Å²) >= 11 is 18.1. The maximum absolute atomic E-state index is 11.6. The summed E-state index contributed by atoms with van der Waals surface area (Å²) in [5, 5.41) is 0.752. The van der Waals surface area contributed by atoms with E-state index in [1.165, 1.54) is 17.8 Å². The zero-order valence-corrected chi connectivity index (χ0v) is 11.9. The zero-order chi connectivity index (χ0) is 12.6. The summed E-state index contributed by atoms with van der Waals surface area (Å²) in [6.45, 7) is 0. The number of carbonyl (C=O) groups is 1. The fraction of sp³-hybridized carbons (Fsp3) is 0.182. The molecule has 2 rings (SSSR count). The lowest BCUT2D eigenvalue weighted by Crippen LogP contribution is -2.19. The molecule has 0 fully saturated rings. The number of ketones is 1. The monoisotopic (exact) mass is 307 g/mol. The Bertz CT molecular complexity index is 496. The number of alkyl halides is 3. The van der Waals surface area contributed by atoms with Crippen LogP contribution in [0, 0.1) is 0 Å². The van der Waals surface area contributed by atoms with Crippen molar-refractivity contribution in [3.63, 3.8) is 0 Å². The fourth-order valence-electron chi connectivity index (χ4n) is 1.44.